The fourth-order valence-corrected chi connectivity index (χ4v) is 8.44. The summed E-state index contributed by atoms with van der Waals surface area (Å²) in [6.45, 7) is 8.56. The molecular formula is C43H47ClFN7O7S. The van der Waals surface area contributed by atoms with E-state index in [0.29, 0.717) is 48.5 Å². The minimum Gasteiger partial charge on any atom is -0.483 e. The Labute approximate surface area is 352 Å². The average molecular weight is 860 g/mol. The minimum atomic E-state index is -4.65. The SMILES string of the molecule is CC(C)C/C(=C/CN1CCN(c2ccc(C(=O)NS(=O)(=O)c3ccc(OCC4(F)CCNCC4)c([N+](=O)[O-])c3)c(Oc3cnc4[nH]ccc4c3)c2)CC1)c1ccc(Cl)cc1. The molecule has 0 unspecified atom stereocenters. The number of ether oxygens (including phenoxy) is 2. The van der Waals surface area contributed by atoms with Gasteiger partial charge in [0.15, 0.2) is 5.75 Å². The van der Waals surface area contributed by atoms with Gasteiger partial charge in [-0.05, 0) is 97.9 Å². The number of nitro benzene ring substituents is 1. The minimum absolute atomic E-state index is 0.0799. The first-order chi connectivity index (χ1) is 28.7. The molecule has 2 aliphatic rings. The Kier molecular flexibility index (Phi) is 13.0. The number of pyridine rings is 1. The summed E-state index contributed by atoms with van der Waals surface area (Å²) in [6.07, 6.45) is 6.80. The van der Waals surface area contributed by atoms with Crippen LogP contribution in [0.3, 0.4) is 0 Å². The number of allylic oxidation sites excluding steroid dienone is 1. The summed E-state index contributed by atoms with van der Waals surface area (Å²) < 4.78 is 56.2. The van der Waals surface area contributed by atoms with E-state index in [1.54, 1.807) is 24.4 Å². The molecule has 4 heterocycles. The van der Waals surface area contributed by atoms with Crippen LogP contribution in [0.15, 0.2) is 96.2 Å². The molecule has 14 nitrogen and oxygen atoms in total. The number of sulfonamides is 1. The molecule has 1 amide bonds. The molecule has 2 fully saturated rings. The van der Waals surface area contributed by atoms with Crippen LogP contribution in [0.25, 0.3) is 16.6 Å². The van der Waals surface area contributed by atoms with Gasteiger partial charge in [-0.3, -0.25) is 19.8 Å². The van der Waals surface area contributed by atoms with Gasteiger partial charge in [0.25, 0.3) is 15.9 Å². The van der Waals surface area contributed by atoms with Crippen molar-refractivity contribution in [1.82, 2.24) is 24.9 Å². The number of nitrogens with one attached hydrogen (secondary N) is 3. The number of piperidine rings is 1. The lowest BCUT2D eigenvalue weighted by atomic mass is 9.95. The number of hydrogen-bond acceptors (Lipinski definition) is 11. The van der Waals surface area contributed by atoms with Crippen LogP contribution in [0.4, 0.5) is 15.8 Å². The van der Waals surface area contributed by atoms with Crippen LogP contribution in [-0.2, 0) is 10.0 Å². The average Bonchev–Trinajstić information content (AvgIpc) is 3.70. The summed E-state index contributed by atoms with van der Waals surface area (Å²) in [4.78, 5) is 36.4. The first kappa shape index (κ1) is 42.6. The number of H-pyrrole nitrogens is 1. The second kappa shape index (κ2) is 18.4. The van der Waals surface area contributed by atoms with Crippen molar-refractivity contribution in [2.45, 2.75) is 43.7 Å². The van der Waals surface area contributed by atoms with Crippen LogP contribution in [0.1, 0.15) is 49.0 Å². The Morgan fingerprint density at radius 3 is 2.50 bits per heavy atom. The zero-order valence-electron chi connectivity index (χ0n) is 33.3. The van der Waals surface area contributed by atoms with Crippen LogP contribution in [0.5, 0.6) is 17.2 Å². The molecule has 0 atom stereocenters. The van der Waals surface area contributed by atoms with Gasteiger partial charge in [0, 0.05) is 67.1 Å². The topological polar surface area (TPSA) is 172 Å². The maximum atomic E-state index is 15.2. The lowest BCUT2D eigenvalue weighted by molar-refractivity contribution is -0.386. The lowest BCUT2D eigenvalue weighted by Gasteiger charge is -2.36. The van der Waals surface area contributed by atoms with E-state index in [-0.39, 0.29) is 29.9 Å². The summed E-state index contributed by atoms with van der Waals surface area (Å²) in [5, 5.41) is 16.5. The van der Waals surface area contributed by atoms with E-state index in [9.17, 15) is 23.3 Å². The van der Waals surface area contributed by atoms with Gasteiger partial charge in [0.2, 0.25) is 0 Å². The Hall–Kier alpha value is -5.55. The maximum absolute atomic E-state index is 15.2. The summed E-state index contributed by atoms with van der Waals surface area (Å²) in [5.41, 5.74) is 1.38. The Balaban J connectivity index is 1.09. The second-order valence-corrected chi connectivity index (χ2v) is 17.6. The van der Waals surface area contributed by atoms with E-state index in [0.717, 1.165) is 60.9 Å². The van der Waals surface area contributed by atoms with Gasteiger partial charge in [-0.2, -0.15) is 0 Å². The van der Waals surface area contributed by atoms with Crippen LogP contribution in [0.2, 0.25) is 5.02 Å². The number of anilines is 1. The molecule has 5 aromatic rings. The summed E-state index contributed by atoms with van der Waals surface area (Å²) in [5.74, 6) is -0.422. The highest BCUT2D eigenvalue weighted by molar-refractivity contribution is 7.90. The second-order valence-electron chi connectivity index (χ2n) is 15.5. The van der Waals surface area contributed by atoms with Crippen LogP contribution < -0.4 is 24.4 Å². The Bertz CT molecular complexity index is 2480. The van der Waals surface area contributed by atoms with E-state index < -0.39 is 43.7 Å². The molecule has 0 spiro atoms. The normalized spacial score (nSPS) is 16.2. The predicted molar refractivity (Wildman–Crippen MR) is 229 cm³/mol. The summed E-state index contributed by atoms with van der Waals surface area (Å²) >= 11 is 6.15. The van der Waals surface area contributed by atoms with Gasteiger partial charge in [0.05, 0.1) is 21.6 Å². The molecule has 0 aliphatic carbocycles. The number of nitro groups is 1. The van der Waals surface area contributed by atoms with Gasteiger partial charge < -0.3 is 24.7 Å². The van der Waals surface area contributed by atoms with Crippen molar-refractivity contribution >= 4 is 55.5 Å². The molecular weight excluding hydrogens is 813 g/mol. The first-order valence-electron chi connectivity index (χ1n) is 19.8. The molecule has 0 radical (unpaired) electrons. The third-order valence-electron chi connectivity index (χ3n) is 10.6. The maximum Gasteiger partial charge on any atom is 0.312 e. The van der Waals surface area contributed by atoms with Crippen LogP contribution >= 0.6 is 11.6 Å². The van der Waals surface area contributed by atoms with E-state index >= 15 is 4.39 Å². The van der Waals surface area contributed by atoms with Gasteiger partial charge in [0.1, 0.15) is 29.4 Å². The van der Waals surface area contributed by atoms with E-state index in [2.05, 4.69) is 57.1 Å². The van der Waals surface area contributed by atoms with Crippen molar-refractivity contribution in [3.05, 3.63) is 118 Å². The monoisotopic (exact) mass is 859 g/mol. The number of rotatable bonds is 15. The number of aromatic nitrogens is 2. The molecule has 0 saturated carbocycles. The fourth-order valence-electron chi connectivity index (χ4n) is 7.32. The largest absolute Gasteiger partial charge is 0.483 e. The van der Waals surface area contributed by atoms with Gasteiger partial charge in [-0.1, -0.05) is 43.7 Å². The van der Waals surface area contributed by atoms with Crippen molar-refractivity contribution in [2.75, 3.05) is 57.3 Å². The van der Waals surface area contributed by atoms with Crippen molar-refractivity contribution in [3.8, 4) is 17.2 Å². The van der Waals surface area contributed by atoms with E-state index in [4.69, 9.17) is 21.1 Å². The number of benzene rings is 3. The Morgan fingerprint density at radius 2 is 1.78 bits per heavy atom. The third kappa shape index (κ3) is 10.4. The number of amides is 1. The van der Waals surface area contributed by atoms with Gasteiger partial charge >= 0.3 is 5.69 Å². The smallest absolute Gasteiger partial charge is 0.312 e. The zero-order chi connectivity index (χ0) is 42.4. The molecule has 17 heteroatoms. The number of nitrogens with zero attached hydrogens (tertiary/aromatic N) is 4. The molecule has 2 saturated heterocycles. The molecule has 316 valence electrons. The summed E-state index contributed by atoms with van der Waals surface area (Å²) in [7, 11) is -4.65. The first-order valence-corrected chi connectivity index (χ1v) is 21.7. The number of fused-ring (bicyclic) bond motifs is 1. The molecule has 2 aliphatic heterocycles. The molecule has 2 aromatic heterocycles. The van der Waals surface area contributed by atoms with Crippen molar-refractivity contribution in [1.29, 1.82) is 0 Å². The molecule has 7 rings (SSSR count). The summed E-state index contributed by atoms with van der Waals surface area (Å²) in [6, 6.07) is 19.4. The van der Waals surface area contributed by atoms with E-state index in [1.165, 1.54) is 17.8 Å². The number of alkyl halides is 1. The number of carbonyl (C=O) groups excluding carboxylic acids is 1. The standard InChI is InChI=1S/C43H47ClFN7O7S/c1-29(2)23-31(30-3-5-33(44)6-4-30)12-18-50-19-21-51(22-20-50)34-7-9-37(40(25-34)59-35-24-32-11-15-47-41(32)48-27-35)42(53)49-60(56,57)36-8-10-39(38(26-36)52(54)55)58-28-43(45)13-16-46-17-14-43/h3-12,15,24-27,29,46H,13-14,16-23,28H2,1-2H3,(H,47,48)(H,49,53)/b31-12-. The predicted octanol–water partition coefficient (Wildman–Crippen LogP) is 7.76. The van der Waals surface area contributed by atoms with Crippen molar-refractivity contribution < 1.29 is 32.0 Å². The molecule has 3 N–H and O–H groups in total. The highest BCUT2D eigenvalue weighted by Crippen LogP contribution is 2.35. The zero-order valence-corrected chi connectivity index (χ0v) is 34.9. The number of carbonyl (C=O) groups is 1. The number of piperazine rings is 1. The highest BCUT2D eigenvalue weighted by Gasteiger charge is 2.34. The fraction of sp³-hybridized carbons (Fsp3) is 0.349. The number of hydrogen-bond donors (Lipinski definition) is 3. The molecule has 3 aromatic carbocycles. The highest BCUT2D eigenvalue weighted by atomic mass is 35.5. The number of halogens is 2. The molecule has 0 bridgehead atoms. The van der Waals surface area contributed by atoms with Crippen LogP contribution in [0, 0.1) is 16.0 Å². The molecule has 60 heavy (non-hydrogen) atoms. The lowest BCUT2D eigenvalue weighted by Crippen LogP contribution is -2.46. The third-order valence-corrected chi connectivity index (χ3v) is 12.2. The van der Waals surface area contributed by atoms with E-state index in [1.807, 2.05) is 22.9 Å². The van der Waals surface area contributed by atoms with Crippen molar-refractivity contribution in [3.63, 3.8) is 0 Å². The van der Waals surface area contributed by atoms with Gasteiger partial charge in [-0.25, -0.2) is 22.5 Å². The quantitative estimate of drug-likeness (QED) is 0.0694. The van der Waals surface area contributed by atoms with Crippen LogP contribution in [-0.4, -0.2) is 92.2 Å². The number of aromatic amines is 1. The Morgan fingerprint density at radius 1 is 1.03 bits per heavy atom. The van der Waals surface area contributed by atoms with Crippen molar-refractivity contribution in [2.24, 2.45) is 5.92 Å². The van der Waals surface area contributed by atoms with Gasteiger partial charge in [-0.15, -0.1) is 0 Å².